The number of carbonyl (C=O) groups excluding carboxylic acids is 1. The van der Waals surface area contributed by atoms with Crippen LogP contribution in [0.4, 0.5) is 0 Å². The molecule has 1 atom stereocenters. The van der Waals surface area contributed by atoms with Gasteiger partial charge in [0.15, 0.2) is 5.60 Å². The van der Waals surface area contributed by atoms with Crippen molar-refractivity contribution in [3.05, 3.63) is 0 Å². The van der Waals surface area contributed by atoms with Gasteiger partial charge in [-0.3, -0.25) is 19.4 Å². The summed E-state index contributed by atoms with van der Waals surface area (Å²) in [5, 5.41) is 26.1. The third-order valence-electron chi connectivity index (χ3n) is 1.50. The second-order valence-corrected chi connectivity index (χ2v) is 4.20. The van der Waals surface area contributed by atoms with E-state index in [-0.39, 0.29) is 35.9 Å². The fraction of sp³-hybridized carbons (Fsp3) is 0.500. The van der Waals surface area contributed by atoms with Crippen molar-refractivity contribution in [2.45, 2.75) is 18.4 Å². The van der Waals surface area contributed by atoms with Crippen LogP contribution in [0.3, 0.4) is 0 Å². The summed E-state index contributed by atoms with van der Waals surface area (Å²) in [6.45, 7) is 0. The molecule has 19 heavy (non-hydrogen) atoms. The van der Waals surface area contributed by atoms with E-state index in [1.54, 1.807) is 0 Å². The topological polar surface area (TPSA) is 179 Å². The first-order valence-corrected chi connectivity index (χ1v) is 5.45. The molecule has 0 radical (unpaired) electrons. The third-order valence-corrected chi connectivity index (χ3v) is 1.94. The van der Waals surface area contributed by atoms with E-state index in [1.165, 1.54) is 0 Å². The average molecular weight is 336 g/mol. The molecular weight excluding hydrogens is 326 g/mol. The Balaban J connectivity index is -0.00000128. The fourth-order valence-electron chi connectivity index (χ4n) is 0.868. The van der Waals surface area contributed by atoms with Gasteiger partial charge in [0.1, 0.15) is 0 Å². The van der Waals surface area contributed by atoms with E-state index < -0.39 is 44.2 Å². The second kappa shape index (κ2) is 8.74. The summed E-state index contributed by atoms with van der Waals surface area (Å²) in [6.07, 6.45) is -2.72. The summed E-state index contributed by atoms with van der Waals surface area (Å²) in [5.74, 6) is -5.47. The van der Waals surface area contributed by atoms with E-state index in [0.717, 1.165) is 0 Å². The van der Waals surface area contributed by atoms with Crippen LogP contribution >= 0.6 is 7.82 Å². The number of hydrogen-bond acceptors (Lipinski definition) is 6. The van der Waals surface area contributed by atoms with Crippen molar-refractivity contribution in [2.24, 2.45) is 0 Å². The minimum atomic E-state index is -5.17. The molecule has 108 valence electrons. The maximum atomic E-state index is 10.8. The van der Waals surface area contributed by atoms with Crippen LogP contribution in [-0.4, -0.2) is 67.5 Å². The van der Waals surface area contributed by atoms with Crippen LogP contribution in [0.5, 0.6) is 0 Å². The fourth-order valence-corrected chi connectivity index (χ4v) is 1.20. The Bertz CT molecular complexity index is 393. The summed E-state index contributed by atoms with van der Waals surface area (Å²) in [5.41, 5.74) is -2.99. The average Bonchev–Trinajstić information content (AvgIpc) is 1.96. The van der Waals surface area contributed by atoms with Gasteiger partial charge in [-0.1, -0.05) is 0 Å². The van der Waals surface area contributed by atoms with Crippen molar-refractivity contribution in [3.63, 3.8) is 0 Å². The molecule has 1 unspecified atom stereocenters. The van der Waals surface area contributed by atoms with Gasteiger partial charge >= 0.3 is 44.6 Å². The Hall–Kier alpha value is -0.363. The molecule has 0 bridgehead atoms. The Labute approximate surface area is 129 Å². The second-order valence-electron chi connectivity index (χ2n) is 3.04. The molecule has 5 N–H and O–H groups in total. The number of carboxylic acids is 2. The van der Waals surface area contributed by atoms with Crippen molar-refractivity contribution in [2.75, 3.05) is 0 Å². The number of aliphatic hydroxyl groups is 1. The number of phosphoric ester groups is 1. The molecule has 10 nitrogen and oxygen atoms in total. The van der Waals surface area contributed by atoms with E-state index in [9.17, 15) is 24.1 Å². The minimum absolute atomic E-state index is 0. The molecule has 0 aromatic carbocycles. The van der Waals surface area contributed by atoms with Crippen LogP contribution < -0.4 is 0 Å². The predicted molar refractivity (Wildman–Crippen MR) is 54.7 cm³/mol. The molecule has 0 aliphatic heterocycles. The van der Waals surface area contributed by atoms with Crippen molar-refractivity contribution in [1.82, 2.24) is 0 Å². The number of carbonyl (C=O) groups is 3. The monoisotopic (exact) mass is 336 g/mol. The molecule has 0 aromatic rings. The number of phosphoric acid groups is 1. The molecular formula is C6H10FeLiO10P. The SMILES string of the molecule is O=C(O)CC(O)(CC(=O)OP(=O)(O)O)C(=O)O.[Fe].[LiH]. The normalized spacial score (nSPS) is 13.2. The number of aliphatic carboxylic acids is 2. The van der Waals surface area contributed by atoms with Gasteiger partial charge in [0.2, 0.25) is 0 Å². The summed E-state index contributed by atoms with van der Waals surface area (Å²) in [4.78, 5) is 48.1. The van der Waals surface area contributed by atoms with Gasteiger partial charge in [0.05, 0.1) is 12.8 Å². The molecule has 0 aromatic heterocycles. The molecule has 0 saturated heterocycles. The van der Waals surface area contributed by atoms with Gasteiger partial charge in [-0.25, -0.2) is 9.36 Å². The van der Waals surface area contributed by atoms with Crippen molar-refractivity contribution in [1.29, 1.82) is 0 Å². The zero-order valence-electron chi connectivity index (χ0n) is 8.49. The van der Waals surface area contributed by atoms with Crippen molar-refractivity contribution >= 4 is 44.6 Å². The van der Waals surface area contributed by atoms with Crippen LogP contribution in [0.1, 0.15) is 12.8 Å². The van der Waals surface area contributed by atoms with E-state index in [4.69, 9.17) is 20.0 Å². The van der Waals surface area contributed by atoms with Crippen LogP contribution in [0.15, 0.2) is 0 Å². The first-order chi connectivity index (χ1) is 7.46. The van der Waals surface area contributed by atoms with E-state index in [0.29, 0.717) is 0 Å². The summed E-state index contributed by atoms with van der Waals surface area (Å²) in [7, 11) is -5.17. The number of carboxylic acid groups (broad SMARTS) is 2. The van der Waals surface area contributed by atoms with Gasteiger partial charge < -0.3 is 19.8 Å². The molecule has 0 spiro atoms. The van der Waals surface area contributed by atoms with E-state index in [2.05, 4.69) is 4.52 Å². The molecule has 0 saturated carbocycles. The van der Waals surface area contributed by atoms with Crippen LogP contribution in [0.2, 0.25) is 0 Å². The van der Waals surface area contributed by atoms with Gasteiger partial charge in [0, 0.05) is 17.1 Å². The van der Waals surface area contributed by atoms with Gasteiger partial charge in [-0.15, -0.1) is 0 Å². The van der Waals surface area contributed by atoms with Crippen LogP contribution in [0, 0.1) is 0 Å². The first kappa shape index (κ1) is 23.7. The standard InChI is InChI=1S/C6H9O10P.Fe.Li.H/c7-3(8)1-6(12,5(10)11)2-4(9)16-17(13,14)15;;;/h12H,1-2H2,(H,7,8)(H,10,11)(H2,13,14,15);;;. The third kappa shape index (κ3) is 10.1. The van der Waals surface area contributed by atoms with Crippen LogP contribution in [-0.2, 0) is 40.5 Å². The van der Waals surface area contributed by atoms with Crippen molar-refractivity contribution < 1.29 is 65.6 Å². The zero-order valence-corrected chi connectivity index (χ0v) is 10.5. The van der Waals surface area contributed by atoms with Crippen molar-refractivity contribution in [3.8, 4) is 0 Å². The Kier molecular flexibility index (Phi) is 10.9. The van der Waals surface area contributed by atoms with E-state index >= 15 is 0 Å². The zero-order chi connectivity index (χ0) is 13.9. The molecule has 13 heteroatoms. The molecule has 0 amide bonds. The van der Waals surface area contributed by atoms with E-state index in [1.807, 2.05) is 0 Å². The summed E-state index contributed by atoms with van der Waals surface area (Å²) >= 11 is 0. The first-order valence-electron chi connectivity index (χ1n) is 3.92. The summed E-state index contributed by atoms with van der Waals surface area (Å²) < 4.78 is 13.7. The predicted octanol–water partition coefficient (Wildman–Crippen LogP) is -2.35. The Morgan fingerprint density at radius 2 is 1.53 bits per heavy atom. The van der Waals surface area contributed by atoms with Gasteiger partial charge in [0.25, 0.3) is 0 Å². The Morgan fingerprint density at radius 1 is 1.11 bits per heavy atom. The molecule has 0 fully saturated rings. The van der Waals surface area contributed by atoms with Gasteiger partial charge in [-0.05, 0) is 0 Å². The molecule has 0 heterocycles. The molecule has 0 aliphatic carbocycles. The summed E-state index contributed by atoms with van der Waals surface area (Å²) in [6, 6.07) is 0. The molecule has 0 aliphatic rings. The maximum absolute atomic E-state index is 10.8. The van der Waals surface area contributed by atoms with Gasteiger partial charge in [-0.2, -0.15) is 0 Å². The quantitative estimate of drug-likeness (QED) is 0.260. The number of hydrogen-bond donors (Lipinski definition) is 5. The molecule has 0 rings (SSSR count). The van der Waals surface area contributed by atoms with Crippen LogP contribution in [0.25, 0.3) is 0 Å². The Morgan fingerprint density at radius 3 is 1.79 bits per heavy atom. The number of rotatable bonds is 6.